The van der Waals surface area contributed by atoms with Crippen LogP contribution < -0.4 is 10.1 Å². The number of aromatic nitrogens is 3. The van der Waals surface area contributed by atoms with Crippen molar-refractivity contribution in [2.75, 3.05) is 18.2 Å². The van der Waals surface area contributed by atoms with Gasteiger partial charge < -0.3 is 10.1 Å². The number of anilines is 1. The number of benzene rings is 2. The Hall–Kier alpha value is -2.97. The van der Waals surface area contributed by atoms with Crippen molar-refractivity contribution in [1.29, 1.82) is 0 Å². The first kappa shape index (κ1) is 21.3. The van der Waals surface area contributed by atoms with Crippen LogP contribution in [-0.2, 0) is 4.79 Å². The lowest BCUT2D eigenvalue weighted by Gasteiger charge is -2.08. The number of ether oxygens (including phenoxy) is 1. The maximum atomic E-state index is 12.5. The maximum absolute atomic E-state index is 12.5. The number of nitrogens with zero attached hydrogens (tertiary/aromatic N) is 3. The van der Waals surface area contributed by atoms with Gasteiger partial charge in [0.2, 0.25) is 5.91 Å². The molecule has 0 atom stereocenters. The third-order valence-electron chi connectivity index (χ3n) is 4.60. The van der Waals surface area contributed by atoms with E-state index in [0.29, 0.717) is 5.03 Å². The summed E-state index contributed by atoms with van der Waals surface area (Å²) in [4.78, 5) is 17.1. The summed E-state index contributed by atoms with van der Waals surface area (Å²) >= 11 is 2.93. The van der Waals surface area contributed by atoms with E-state index in [-0.39, 0.29) is 11.7 Å². The molecule has 4 rings (SSSR count). The van der Waals surface area contributed by atoms with E-state index in [9.17, 15) is 4.79 Å². The van der Waals surface area contributed by atoms with Crippen molar-refractivity contribution >= 4 is 44.9 Å². The van der Waals surface area contributed by atoms with Crippen LogP contribution in [0.25, 0.3) is 21.5 Å². The summed E-state index contributed by atoms with van der Waals surface area (Å²) in [5.41, 5.74) is 5.55. The van der Waals surface area contributed by atoms with Crippen molar-refractivity contribution in [3.05, 3.63) is 58.6 Å². The first-order valence-electron chi connectivity index (χ1n) is 9.72. The molecule has 0 saturated carbocycles. The van der Waals surface area contributed by atoms with E-state index in [0.717, 1.165) is 49.0 Å². The van der Waals surface area contributed by atoms with Crippen molar-refractivity contribution < 1.29 is 9.53 Å². The minimum Gasteiger partial charge on any atom is -0.497 e. The van der Waals surface area contributed by atoms with Crippen LogP contribution in [0.3, 0.4) is 0 Å². The number of nitrogens with one attached hydrogen (secondary N) is 1. The highest BCUT2D eigenvalue weighted by atomic mass is 32.2. The van der Waals surface area contributed by atoms with Gasteiger partial charge in [0.15, 0.2) is 0 Å². The first-order chi connectivity index (χ1) is 14.9. The normalized spacial score (nSPS) is 11.0. The molecule has 0 aliphatic heterocycles. The average Bonchev–Trinajstić information content (AvgIpc) is 3.13. The van der Waals surface area contributed by atoms with Gasteiger partial charge >= 0.3 is 0 Å². The Morgan fingerprint density at radius 1 is 1.06 bits per heavy atom. The minimum atomic E-state index is -0.0869. The van der Waals surface area contributed by atoms with Crippen LogP contribution in [-0.4, -0.2) is 34.0 Å². The highest BCUT2D eigenvalue weighted by molar-refractivity contribution is 8.00. The van der Waals surface area contributed by atoms with Gasteiger partial charge in [-0.3, -0.25) is 4.79 Å². The van der Waals surface area contributed by atoms with Crippen LogP contribution in [0.15, 0.2) is 47.5 Å². The van der Waals surface area contributed by atoms with E-state index in [1.54, 1.807) is 18.4 Å². The topological polar surface area (TPSA) is 77.0 Å². The second-order valence-electron chi connectivity index (χ2n) is 7.21. The molecule has 0 unspecified atom stereocenters. The molecule has 4 aromatic rings. The predicted molar refractivity (Wildman–Crippen MR) is 127 cm³/mol. The lowest BCUT2D eigenvalue weighted by atomic mass is 10.1. The number of hydrogen-bond acceptors (Lipinski definition) is 7. The van der Waals surface area contributed by atoms with Crippen molar-refractivity contribution in [3.63, 3.8) is 0 Å². The van der Waals surface area contributed by atoms with E-state index in [2.05, 4.69) is 26.6 Å². The number of methoxy groups -OCH3 is 1. The summed E-state index contributed by atoms with van der Waals surface area (Å²) in [5.74, 6) is 0.932. The van der Waals surface area contributed by atoms with Gasteiger partial charge in [0.1, 0.15) is 22.0 Å². The minimum absolute atomic E-state index is 0.0869. The monoisotopic (exact) mass is 450 g/mol. The Bertz CT molecular complexity index is 1230. The van der Waals surface area contributed by atoms with Crippen LogP contribution in [0.1, 0.15) is 16.1 Å². The van der Waals surface area contributed by atoms with E-state index in [1.807, 2.05) is 57.2 Å². The quantitative estimate of drug-likeness (QED) is 0.395. The second-order valence-corrected chi connectivity index (χ2v) is 9.37. The highest BCUT2D eigenvalue weighted by Crippen LogP contribution is 2.35. The summed E-state index contributed by atoms with van der Waals surface area (Å²) in [6.07, 6.45) is 0. The standard InChI is InChI=1S/C23H22N4O2S2/c1-13-9-14(2)11-17(10-13)25-19(28)12-30-23-21-22(31-15(3)24-21)20(26-27-23)16-5-7-18(29-4)8-6-16/h5-11H,12H2,1-4H3,(H,25,28). The molecular formula is C23H22N4O2S2. The van der Waals surface area contributed by atoms with Gasteiger partial charge in [-0.2, -0.15) is 0 Å². The molecule has 158 valence electrons. The average molecular weight is 451 g/mol. The molecule has 2 aromatic heterocycles. The van der Waals surface area contributed by atoms with E-state index in [4.69, 9.17) is 4.74 Å². The summed E-state index contributed by atoms with van der Waals surface area (Å²) in [7, 11) is 1.64. The molecule has 1 amide bonds. The number of fused-ring (bicyclic) bond motifs is 1. The Morgan fingerprint density at radius 3 is 2.45 bits per heavy atom. The van der Waals surface area contributed by atoms with Crippen molar-refractivity contribution in [2.24, 2.45) is 0 Å². The Balaban J connectivity index is 1.55. The molecule has 31 heavy (non-hydrogen) atoms. The van der Waals surface area contributed by atoms with Crippen LogP contribution >= 0.6 is 23.1 Å². The lowest BCUT2D eigenvalue weighted by Crippen LogP contribution is -2.14. The molecule has 0 fully saturated rings. The highest BCUT2D eigenvalue weighted by Gasteiger charge is 2.17. The van der Waals surface area contributed by atoms with Crippen molar-refractivity contribution in [3.8, 4) is 17.0 Å². The van der Waals surface area contributed by atoms with Crippen LogP contribution in [0.2, 0.25) is 0 Å². The number of thiazole rings is 1. The molecule has 2 heterocycles. The predicted octanol–water partition coefficient (Wildman–Crippen LogP) is 5.42. The van der Waals surface area contributed by atoms with Crippen molar-refractivity contribution in [1.82, 2.24) is 15.2 Å². The SMILES string of the molecule is COc1ccc(-c2nnc(SCC(=O)Nc3cc(C)cc(C)c3)c3nc(C)sc23)cc1. The molecular weight excluding hydrogens is 428 g/mol. The van der Waals surface area contributed by atoms with Gasteiger partial charge in [-0.1, -0.05) is 17.8 Å². The molecule has 0 aliphatic rings. The third kappa shape index (κ3) is 4.86. The van der Waals surface area contributed by atoms with Crippen LogP contribution in [0, 0.1) is 20.8 Å². The maximum Gasteiger partial charge on any atom is 0.234 e. The number of carbonyl (C=O) groups is 1. The number of aryl methyl sites for hydroxylation is 3. The summed E-state index contributed by atoms with van der Waals surface area (Å²) in [6.45, 7) is 5.99. The molecule has 0 saturated heterocycles. The fourth-order valence-electron chi connectivity index (χ4n) is 3.33. The number of carbonyl (C=O) groups excluding carboxylic acids is 1. The zero-order valence-corrected chi connectivity index (χ0v) is 19.4. The number of amides is 1. The van der Waals surface area contributed by atoms with Gasteiger partial charge in [0.25, 0.3) is 0 Å². The Kier molecular flexibility index (Phi) is 6.20. The fourth-order valence-corrected chi connectivity index (χ4v) is 5.05. The molecule has 0 radical (unpaired) electrons. The second kappa shape index (κ2) is 9.03. The molecule has 0 aliphatic carbocycles. The van der Waals surface area contributed by atoms with E-state index >= 15 is 0 Å². The number of thioether (sulfide) groups is 1. The van der Waals surface area contributed by atoms with Gasteiger partial charge in [-0.15, -0.1) is 21.5 Å². The largest absolute Gasteiger partial charge is 0.497 e. The lowest BCUT2D eigenvalue weighted by molar-refractivity contribution is -0.113. The molecule has 1 N–H and O–H groups in total. The van der Waals surface area contributed by atoms with E-state index < -0.39 is 0 Å². The van der Waals surface area contributed by atoms with Gasteiger partial charge in [0.05, 0.1) is 22.6 Å². The summed E-state index contributed by atoms with van der Waals surface area (Å²) in [6, 6.07) is 13.7. The Morgan fingerprint density at radius 2 is 1.77 bits per heavy atom. The molecule has 6 nitrogen and oxygen atoms in total. The summed E-state index contributed by atoms with van der Waals surface area (Å²) in [5, 5.41) is 13.4. The van der Waals surface area contributed by atoms with Gasteiger partial charge in [-0.05, 0) is 68.3 Å². The van der Waals surface area contributed by atoms with E-state index in [1.165, 1.54) is 11.8 Å². The van der Waals surface area contributed by atoms with Crippen molar-refractivity contribution in [2.45, 2.75) is 25.8 Å². The smallest absolute Gasteiger partial charge is 0.234 e. The van der Waals surface area contributed by atoms with Crippen LogP contribution in [0.4, 0.5) is 5.69 Å². The first-order valence-corrected chi connectivity index (χ1v) is 11.5. The van der Waals surface area contributed by atoms with Gasteiger partial charge in [-0.25, -0.2) is 4.98 Å². The number of rotatable bonds is 6. The molecule has 8 heteroatoms. The molecule has 0 spiro atoms. The number of hydrogen-bond donors (Lipinski definition) is 1. The Labute approximate surface area is 189 Å². The third-order valence-corrected chi connectivity index (χ3v) is 6.53. The fraction of sp³-hybridized carbons (Fsp3) is 0.217. The molecule has 0 bridgehead atoms. The molecule has 2 aromatic carbocycles. The van der Waals surface area contributed by atoms with Gasteiger partial charge in [0, 0.05) is 11.3 Å². The van der Waals surface area contributed by atoms with Crippen LogP contribution in [0.5, 0.6) is 5.75 Å². The zero-order chi connectivity index (χ0) is 22.0. The summed E-state index contributed by atoms with van der Waals surface area (Å²) < 4.78 is 6.21. The zero-order valence-electron chi connectivity index (χ0n) is 17.7.